The number of nitro benzene ring substituents is 1. The molecule has 1 aromatic carbocycles. The monoisotopic (exact) mass is 280 g/mol. The van der Waals surface area contributed by atoms with E-state index in [-0.39, 0.29) is 35.6 Å². The molecule has 0 saturated carbocycles. The predicted octanol–water partition coefficient (Wildman–Crippen LogP) is 1.65. The van der Waals surface area contributed by atoms with Gasteiger partial charge in [-0.05, 0) is 26.0 Å². The zero-order valence-corrected chi connectivity index (χ0v) is 11.5. The summed E-state index contributed by atoms with van der Waals surface area (Å²) < 4.78 is 5.18. The molecule has 0 aliphatic carbocycles. The normalized spacial score (nSPS) is 10.2. The van der Waals surface area contributed by atoms with E-state index in [0.29, 0.717) is 6.29 Å². The average Bonchev–Trinajstić information content (AvgIpc) is 2.42. The highest BCUT2D eigenvalue weighted by atomic mass is 16.6. The van der Waals surface area contributed by atoms with Gasteiger partial charge in [-0.25, -0.2) is 0 Å². The van der Waals surface area contributed by atoms with Gasteiger partial charge in [-0.15, -0.1) is 0 Å². The van der Waals surface area contributed by atoms with Crippen molar-refractivity contribution < 1.29 is 19.2 Å². The Morgan fingerprint density at radius 3 is 2.65 bits per heavy atom. The van der Waals surface area contributed by atoms with Crippen molar-refractivity contribution in [2.24, 2.45) is 0 Å². The van der Waals surface area contributed by atoms with E-state index < -0.39 is 4.92 Å². The number of hydrogen-bond donors (Lipinski definition) is 0. The fraction of sp³-hybridized carbons (Fsp3) is 0.385. The first-order chi connectivity index (χ1) is 9.36. The molecule has 1 amide bonds. The predicted molar refractivity (Wildman–Crippen MR) is 71.9 cm³/mol. The molecular weight excluding hydrogens is 264 g/mol. The number of carbonyl (C=O) groups excluding carboxylic acids is 2. The molecule has 20 heavy (non-hydrogen) atoms. The van der Waals surface area contributed by atoms with Crippen LogP contribution < -0.4 is 4.74 Å². The highest BCUT2D eigenvalue weighted by Gasteiger charge is 2.18. The number of hydrogen-bond acceptors (Lipinski definition) is 5. The summed E-state index contributed by atoms with van der Waals surface area (Å²) in [6, 6.07) is 3.74. The van der Waals surface area contributed by atoms with Gasteiger partial charge in [-0.1, -0.05) is 0 Å². The first-order valence-corrected chi connectivity index (χ1v) is 5.99. The van der Waals surface area contributed by atoms with E-state index in [1.807, 2.05) is 13.8 Å². The van der Waals surface area contributed by atoms with Crippen LogP contribution in [0.1, 0.15) is 24.2 Å². The van der Waals surface area contributed by atoms with Crippen LogP contribution in [-0.2, 0) is 4.79 Å². The minimum atomic E-state index is -0.624. The van der Waals surface area contributed by atoms with Crippen molar-refractivity contribution in [3.05, 3.63) is 33.9 Å². The lowest BCUT2D eigenvalue weighted by atomic mass is 10.2. The maximum atomic E-state index is 11.8. The molecule has 7 heteroatoms. The lowest BCUT2D eigenvalue weighted by Crippen LogP contribution is -2.36. The summed E-state index contributed by atoms with van der Waals surface area (Å²) in [6.07, 6.45) is 0.554. The van der Waals surface area contributed by atoms with Gasteiger partial charge in [0, 0.05) is 24.7 Å². The zero-order chi connectivity index (χ0) is 15.3. The molecular formula is C13H16N2O5. The van der Waals surface area contributed by atoms with Gasteiger partial charge >= 0.3 is 5.69 Å². The number of benzene rings is 1. The van der Waals surface area contributed by atoms with Crippen LogP contribution in [0.2, 0.25) is 0 Å². The first-order valence-electron chi connectivity index (χ1n) is 5.99. The van der Waals surface area contributed by atoms with Crippen LogP contribution in [0, 0.1) is 10.1 Å². The van der Waals surface area contributed by atoms with Gasteiger partial charge in [0.2, 0.25) is 0 Å². The Morgan fingerprint density at radius 2 is 2.15 bits per heavy atom. The second kappa shape index (κ2) is 6.65. The van der Waals surface area contributed by atoms with Crippen LogP contribution in [0.5, 0.6) is 5.75 Å². The standard InChI is InChI=1S/C13H16N2O5/c1-9(2)14(3)13(17)8-20-12-6-10(7-16)4-5-11(12)15(18)19/h4-7,9H,8H2,1-3H3. The van der Waals surface area contributed by atoms with Gasteiger partial charge in [0.1, 0.15) is 6.29 Å². The summed E-state index contributed by atoms with van der Waals surface area (Å²) in [5.74, 6) is -0.393. The minimum absolute atomic E-state index is 0.00222. The van der Waals surface area contributed by atoms with Gasteiger partial charge in [0.25, 0.3) is 5.91 Å². The van der Waals surface area contributed by atoms with Gasteiger partial charge in [0.05, 0.1) is 4.92 Å². The van der Waals surface area contributed by atoms with E-state index >= 15 is 0 Å². The molecule has 0 atom stereocenters. The Labute approximate surface area is 116 Å². The number of carbonyl (C=O) groups is 2. The largest absolute Gasteiger partial charge is 0.477 e. The molecule has 0 aromatic heterocycles. The van der Waals surface area contributed by atoms with Crippen molar-refractivity contribution in [1.29, 1.82) is 0 Å². The summed E-state index contributed by atoms with van der Waals surface area (Å²) in [6.45, 7) is 3.36. The first kappa shape index (κ1) is 15.6. The number of likely N-dealkylation sites (N-methyl/N-ethyl adjacent to an activating group) is 1. The molecule has 1 rings (SSSR count). The van der Waals surface area contributed by atoms with E-state index in [1.54, 1.807) is 7.05 Å². The molecule has 0 fully saturated rings. The molecule has 108 valence electrons. The van der Waals surface area contributed by atoms with Crippen molar-refractivity contribution in [3.63, 3.8) is 0 Å². The van der Waals surface area contributed by atoms with Crippen molar-refractivity contribution >= 4 is 17.9 Å². The highest BCUT2D eigenvalue weighted by Crippen LogP contribution is 2.27. The second-order valence-corrected chi connectivity index (χ2v) is 4.49. The number of ether oxygens (including phenoxy) is 1. The summed E-state index contributed by atoms with van der Waals surface area (Å²) >= 11 is 0. The maximum Gasteiger partial charge on any atom is 0.310 e. The Hall–Kier alpha value is -2.44. The van der Waals surface area contributed by atoms with E-state index in [0.717, 1.165) is 0 Å². The molecule has 7 nitrogen and oxygen atoms in total. The fourth-order valence-corrected chi connectivity index (χ4v) is 1.40. The van der Waals surface area contributed by atoms with Gasteiger partial charge in [-0.3, -0.25) is 19.7 Å². The second-order valence-electron chi connectivity index (χ2n) is 4.49. The average molecular weight is 280 g/mol. The Kier molecular flexibility index (Phi) is 5.19. The Balaban J connectivity index is 2.88. The maximum absolute atomic E-state index is 11.8. The molecule has 0 radical (unpaired) electrons. The molecule has 0 N–H and O–H groups in total. The lowest BCUT2D eigenvalue weighted by Gasteiger charge is -2.21. The minimum Gasteiger partial charge on any atom is -0.477 e. The molecule has 0 unspecified atom stereocenters. The third-order valence-electron chi connectivity index (χ3n) is 2.84. The summed E-state index contributed by atoms with van der Waals surface area (Å²) in [7, 11) is 1.62. The molecule has 0 bridgehead atoms. The number of nitrogens with zero attached hydrogens (tertiary/aromatic N) is 2. The Morgan fingerprint density at radius 1 is 1.50 bits per heavy atom. The van der Waals surface area contributed by atoms with E-state index in [9.17, 15) is 19.7 Å². The topological polar surface area (TPSA) is 89.8 Å². The van der Waals surface area contributed by atoms with Crippen molar-refractivity contribution in [2.75, 3.05) is 13.7 Å². The summed E-state index contributed by atoms with van der Waals surface area (Å²) in [4.78, 5) is 34.1. The van der Waals surface area contributed by atoms with Crippen LogP contribution in [0.4, 0.5) is 5.69 Å². The molecule has 0 aliphatic heterocycles. The summed E-state index contributed by atoms with van der Waals surface area (Å²) in [5, 5.41) is 10.9. The number of nitro groups is 1. The number of rotatable bonds is 6. The van der Waals surface area contributed by atoms with E-state index in [2.05, 4.69) is 0 Å². The van der Waals surface area contributed by atoms with Crippen LogP contribution in [0.15, 0.2) is 18.2 Å². The third-order valence-corrected chi connectivity index (χ3v) is 2.84. The molecule has 0 saturated heterocycles. The van der Waals surface area contributed by atoms with Crippen LogP contribution >= 0.6 is 0 Å². The number of amides is 1. The smallest absolute Gasteiger partial charge is 0.310 e. The number of aldehydes is 1. The van der Waals surface area contributed by atoms with Gasteiger partial charge in [-0.2, -0.15) is 0 Å². The van der Waals surface area contributed by atoms with Crippen molar-refractivity contribution in [2.45, 2.75) is 19.9 Å². The van der Waals surface area contributed by atoms with Gasteiger partial charge < -0.3 is 9.64 Å². The quantitative estimate of drug-likeness (QED) is 0.449. The molecule has 0 heterocycles. The van der Waals surface area contributed by atoms with Crippen molar-refractivity contribution in [3.8, 4) is 5.75 Å². The van der Waals surface area contributed by atoms with E-state index in [4.69, 9.17) is 4.74 Å². The molecule has 0 spiro atoms. The fourth-order valence-electron chi connectivity index (χ4n) is 1.40. The van der Waals surface area contributed by atoms with Crippen LogP contribution in [0.25, 0.3) is 0 Å². The SMILES string of the molecule is CC(C)N(C)C(=O)COc1cc(C=O)ccc1[N+](=O)[O-]. The molecule has 0 aliphatic rings. The van der Waals surface area contributed by atoms with Crippen molar-refractivity contribution in [1.82, 2.24) is 4.90 Å². The Bertz CT molecular complexity index is 527. The highest BCUT2D eigenvalue weighted by molar-refractivity contribution is 5.79. The third kappa shape index (κ3) is 3.78. The van der Waals surface area contributed by atoms with E-state index in [1.165, 1.54) is 23.1 Å². The lowest BCUT2D eigenvalue weighted by molar-refractivity contribution is -0.385. The summed E-state index contributed by atoms with van der Waals surface area (Å²) in [5.41, 5.74) is -0.0362. The zero-order valence-electron chi connectivity index (χ0n) is 11.5. The van der Waals surface area contributed by atoms with Gasteiger partial charge in [0.15, 0.2) is 12.4 Å². The van der Waals surface area contributed by atoms with Crippen LogP contribution in [-0.4, -0.2) is 41.7 Å². The molecule has 1 aromatic rings. The van der Waals surface area contributed by atoms with Crippen LogP contribution in [0.3, 0.4) is 0 Å².